The lowest BCUT2D eigenvalue weighted by atomic mass is 9.92. The molecule has 2 aromatic rings. The Balaban J connectivity index is 1.64. The first kappa shape index (κ1) is 17.0. The van der Waals surface area contributed by atoms with Crippen LogP contribution in [0.3, 0.4) is 0 Å². The second kappa shape index (κ2) is 7.83. The van der Waals surface area contributed by atoms with Gasteiger partial charge >= 0.3 is 0 Å². The maximum atomic E-state index is 12.3. The number of aliphatic hydroxyl groups is 1. The number of likely N-dealkylation sites (tertiary alicyclic amines) is 1. The van der Waals surface area contributed by atoms with Crippen molar-refractivity contribution in [1.29, 1.82) is 0 Å². The van der Waals surface area contributed by atoms with Gasteiger partial charge in [0.2, 0.25) is 0 Å². The summed E-state index contributed by atoms with van der Waals surface area (Å²) in [7, 11) is 0. The Kier molecular flexibility index (Phi) is 5.56. The fourth-order valence-electron chi connectivity index (χ4n) is 3.11. The van der Waals surface area contributed by atoms with Crippen LogP contribution in [0.5, 0.6) is 0 Å². The Morgan fingerprint density at radius 2 is 2.08 bits per heavy atom. The van der Waals surface area contributed by atoms with E-state index in [-0.39, 0.29) is 35.5 Å². The van der Waals surface area contributed by atoms with Gasteiger partial charge in [0, 0.05) is 31.7 Å². The first-order chi connectivity index (χ1) is 11.7. The lowest BCUT2D eigenvalue weighted by Gasteiger charge is -2.38. The molecule has 1 aliphatic heterocycles. The van der Waals surface area contributed by atoms with Gasteiger partial charge in [-0.05, 0) is 42.3 Å². The Bertz CT molecular complexity index is 674. The van der Waals surface area contributed by atoms with Crippen molar-refractivity contribution in [3.05, 3.63) is 59.0 Å². The molecule has 5 nitrogen and oxygen atoms in total. The fourth-order valence-corrected chi connectivity index (χ4v) is 3.26. The van der Waals surface area contributed by atoms with Gasteiger partial charge in [0.1, 0.15) is 0 Å². The number of carbonyl (C=O) groups is 1. The van der Waals surface area contributed by atoms with Crippen LogP contribution < -0.4 is 5.32 Å². The molecule has 0 saturated carbocycles. The number of nitrogens with zero attached hydrogens (tertiary/aromatic N) is 1. The Hall–Kier alpha value is -1.82. The maximum absolute atomic E-state index is 12.3. The summed E-state index contributed by atoms with van der Waals surface area (Å²) in [4.78, 5) is 14.6. The number of hydrogen-bond acceptors (Lipinski definition) is 4. The minimum atomic E-state index is -0.299. The number of rotatable bonds is 5. The Morgan fingerprint density at radius 3 is 2.75 bits per heavy atom. The van der Waals surface area contributed by atoms with E-state index in [4.69, 9.17) is 16.0 Å². The van der Waals surface area contributed by atoms with Crippen molar-refractivity contribution in [2.75, 3.05) is 19.7 Å². The van der Waals surface area contributed by atoms with E-state index < -0.39 is 0 Å². The van der Waals surface area contributed by atoms with Gasteiger partial charge in [-0.15, -0.1) is 0 Å². The van der Waals surface area contributed by atoms with Gasteiger partial charge < -0.3 is 14.8 Å². The predicted octanol–water partition coefficient (Wildman–Crippen LogP) is 2.55. The van der Waals surface area contributed by atoms with Crippen molar-refractivity contribution < 1.29 is 14.3 Å². The number of benzene rings is 1. The molecule has 1 saturated heterocycles. The van der Waals surface area contributed by atoms with Crippen molar-refractivity contribution in [3.63, 3.8) is 0 Å². The molecule has 24 heavy (non-hydrogen) atoms. The predicted molar refractivity (Wildman–Crippen MR) is 91.9 cm³/mol. The Labute approximate surface area is 146 Å². The van der Waals surface area contributed by atoms with E-state index in [9.17, 15) is 9.90 Å². The summed E-state index contributed by atoms with van der Waals surface area (Å²) in [6.07, 6.45) is 0.840. The van der Waals surface area contributed by atoms with Crippen molar-refractivity contribution in [2.45, 2.75) is 19.0 Å². The van der Waals surface area contributed by atoms with E-state index >= 15 is 0 Å². The monoisotopic (exact) mass is 348 g/mol. The molecule has 2 N–H and O–H groups in total. The normalized spacial score (nSPS) is 21.6. The zero-order chi connectivity index (χ0) is 16.9. The molecule has 1 aliphatic rings. The summed E-state index contributed by atoms with van der Waals surface area (Å²) >= 11 is 5.72. The Morgan fingerprint density at radius 1 is 1.29 bits per heavy atom. The summed E-state index contributed by atoms with van der Waals surface area (Å²) in [6, 6.07) is 13.2. The molecule has 128 valence electrons. The van der Waals surface area contributed by atoms with Gasteiger partial charge in [-0.25, -0.2) is 0 Å². The largest absolute Gasteiger partial charge is 0.440 e. The standard InChI is InChI=1S/C18H21ClN2O3/c19-17-7-6-16(24-17)18(23)20-15-11-21(9-8-14(15)12-22)10-13-4-2-1-3-5-13/h1-7,14-15,22H,8-12H2,(H,20,23)/t14-,15+/m0/s1. The van der Waals surface area contributed by atoms with Crippen LogP contribution in [0, 0.1) is 5.92 Å². The molecule has 1 amide bonds. The van der Waals surface area contributed by atoms with E-state index in [1.165, 1.54) is 5.56 Å². The van der Waals surface area contributed by atoms with Gasteiger partial charge in [-0.1, -0.05) is 30.3 Å². The molecular formula is C18H21ClN2O3. The van der Waals surface area contributed by atoms with Gasteiger partial charge in [0.05, 0.1) is 0 Å². The fraction of sp³-hybridized carbons (Fsp3) is 0.389. The summed E-state index contributed by atoms with van der Waals surface area (Å²) < 4.78 is 5.16. The molecule has 6 heteroatoms. The zero-order valence-corrected chi connectivity index (χ0v) is 14.1. The van der Waals surface area contributed by atoms with E-state index in [1.807, 2.05) is 18.2 Å². The van der Waals surface area contributed by atoms with Gasteiger partial charge in [-0.2, -0.15) is 0 Å². The van der Waals surface area contributed by atoms with Crippen molar-refractivity contribution >= 4 is 17.5 Å². The average molecular weight is 349 g/mol. The second-order valence-corrected chi connectivity index (χ2v) is 6.51. The van der Waals surface area contributed by atoms with Crippen LogP contribution in [0.4, 0.5) is 0 Å². The highest BCUT2D eigenvalue weighted by Crippen LogP contribution is 2.20. The summed E-state index contributed by atoms with van der Waals surface area (Å²) in [5.41, 5.74) is 1.24. The van der Waals surface area contributed by atoms with Crippen LogP contribution in [0.1, 0.15) is 22.5 Å². The number of nitrogens with one attached hydrogen (secondary N) is 1. The van der Waals surface area contributed by atoms with Gasteiger partial charge in [0.25, 0.3) is 5.91 Å². The van der Waals surface area contributed by atoms with E-state index in [2.05, 4.69) is 22.3 Å². The van der Waals surface area contributed by atoms with E-state index in [0.717, 1.165) is 19.5 Å². The maximum Gasteiger partial charge on any atom is 0.287 e. The highest BCUT2D eigenvalue weighted by atomic mass is 35.5. The lowest BCUT2D eigenvalue weighted by molar-refractivity contribution is 0.0711. The number of piperidine rings is 1. The number of amides is 1. The first-order valence-electron chi connectivity index (χ1n) is 8.09. The molecule has 0 aliphatic carbocycles. The smallest absolute Gasteiger partial charge is 0.287 e. The number of halogens is 1. The lowest BCUT2D eigenvalue weighted by Crippen LogP contribution is -2.53. The van der Waals surface area contributed by atoms with Crippen LogP contribution in [0.15, 0.2) is 46.9 Å². The summed E-state index contributed by atoms with van der Waals surface area (Å²) in [5.74, 6) is -0.0600. The third kappa shape index (κ3) is 4.17. The third-order valence-electron chi connectivity index (χ3n) is 4.44. The zero-order valence-electron chi connectivity index (χ0n) is 13.3. The molecule has 3 rings (SSSR count). The molecule has 2 atom stereocenters. The van der Waals surface area contributed by atoms with E-state index in [0.29, 0.717) is 6.54 Å². The van der Waals surface area contributed by atoms with Crippen LogP contribution >= 0.6 is 11.6 Å². The summed E-state index contributed by atoms with van der Waals surface area (Å²) in [5, 5.41) is 12.8. The molecule has 0 radical (unpaired) electrons. The van der Waals surface area contributed by atoms with Crippen molar-refractivity contribution in [3.8, 4) is 0 Å². The van der Waals surface area contributed by atoms with Crippen LogP contribution in [-0.2, 0) is 6.54 Å². The van der Waals surface area contributed by atoms with Crippen molar-refractivity contribution in [1.82, 2.24) is 10.2 Å². The highest BCUT2D eigenvalue weighted by Gasteiger charge is 2.30. The number of hydrogen-bond donors (Lipinski definition) is 2. The van der Waals surface area contributed by atoms with Gasteiger partial charge in [0.15, 0.2) is 11.0 Å². The quantitative estimate of drug-likeness (QED) is 0.871. The first-order valence-corrected chi connectivity index (χ1v) is 8.47. The van der Waals surface area contributed by atoms with Crippen LogP contribution in [0.2, 0.25) is 5.22 Å². The highest BCUT2D eigenvalue weighted by molar-refractivity contribution is 6.29. The SMILES string of the molecule is O=C(N[C@@H]1CN(Cc2ccccc2)CC[C@H]1CO)c1ccc(Cl)o1. The van der Waals surface area contributed by atoms with Crippen LogP contribution in [-0.4, -0.2) is 41.7 Å². The third-order valence-corrected chi connectivity index (χ3v) is 4.64. The molecule has 0 spiro atoms. The minimum Gasteiger partial charge on any atom is -0.440 e. The molecule has 1 fully saturated rings. The topological polar surface area (TPSA) is 65.7 Å². The van der Waals surface area contributed by atoms with Crippen LogP contribution in [0.25, 0.3) is 0 Å². The average Bonchev–Trinajstić information content (AvgIpc) is 3.03. The number of carbonyl (C=O) groups excluding carboxylic acids is 1. The number of aliphatic hydroxyl groups excluding tert-OH is 1. The number of furan rings is 1. The molecule has 2 heterocycles. The van der Waals surface area contributed by atoms with Gasteiger partial charge in [-0.3, -0.25) is 9.69 Å². The molecule has 0 unspecified atom stereocenters. The molecule has 1 aromatic carbocycles. The molecular weight excluding hydrogens is 328 g/mol. The van der Waals surface area contributed by atoms with E-state index in [1.54, 1.807) is 12.1 Å². The van der Waals surface area contributed by atoms with Crippen molar-refractivity contribution in [2.24, 2.45) is 5.92 Å². The summed E-state index contributed by atoms with van der Waals surface area (Å²) in [6.45, 7) is 2.49. The minimum absolute atomic E-state index is 0.0476. The molecule has 1 aromatic heterocycles. The molecule has 0 bridgehead atoms. The second-order valence-electron chi connectivity index (χ2n) is 6.14.